The van der Waals surface area contributed by atoms with Crippen molar-refractivity contribution in [3.63, 3.8) is 0 Å². The second-order valence-corrected chi connectivity index (χ2v) is 8.38. The molecule has 3 aromatic rings. The van der Waals surface area contributed by atoms with Gasteiger partial charge in [0.25, 0.3) is 5.91 Å². The van der Waals surface area contributed by atoms with Crippen LogP contribution >= 0.6 is 15.9 Å². The van der Waals surface area contributed by atoms with Crippen molar-refractivity contribution < 1.29 is 4.79 Å². The van der Waals surface area contributed by atoms with Gasteiger partial charge in [0.2, 0.25) is 0 Å². The Morgan fingerprint density at radius 1 is 1.10 bits per heavy atom. The van der Waals surface area contributed by atoms with Crippen molar-refractivity contribution in [2.45, 2.75) is 13.5 Å². The van der Waals surface area contributed by atoms with E-state index in [1.807, 2.05) is 36.4 Å². The summed E-state index contributed by atoms with van der Waals surface area (Å²) in [7, 11) is 2.06. The molecule has 1 aliphatic rings. The normalized spacial score (nSPS) is 15.7. The molecule has 2 aromatic carbocycles. The Balaban J connectivity index is 1.49. The molecule has 0 spiro atoms. The van der Waals surface area contributed by atoms with E-state index in [1.165, 1.54) is 0 Å². The molecule has 152 valence electrons. The van der Waals surface area contributed by atoms with E-state index in [9.17, 15) is 4.79 Å². The number of nitrogens with zero attached hydrogens (tertiary/aromatic N) is 4. The highest BCUT2D eigenvalue weighted by molar-refractivity contribution is 9.10. The minimum Gasteiger partial charge on any atom is -0.330 e. The van der Waals surface area contributed by atoms with Crippen LogP contribution in [0.2, 0.25) is 0 Å². The van der Waals surface area contributed by atoms with Gasteiger partial charge in [0.05, 0.1) is 17.6 Å². The number of rotatable bonds is 5. The number of imidazole rings is 1. The van der Waals surface area contributed by atoms with Crippen LogP contribution in [0, 0.1) is 0 Å². The lowest BCUT2D eigenvalue weighted by molar-refractivity contribution is 0.102. The molecule has 4 rings (SSSR count). The van der Waals surface area contributed by atoms with Gasteiger partial charge in [0, 0.05) is 49.0 Å². The number of nitrogens with one attached hydrogen (secondary N) is 1. The molecule has 1 fully saturated rings. The lowest BCUT2D eigenvalue weighted by atomic mass is 10.2. The predicted octanol–water partition coefficient (Wildman–Crippen LogP) is 3.73. The van der Waals surface area contributed by atoms with Gasteiger partial charge in [-0.15, -0.1) is 0 Å². The minimum atomic E-state index is -0.129. The van der Waals surface area contributed by atoms with Crippen molar-refractivity contribution >= 4 is 38.6 Å². The van der Waals surface area contributed by atoms with Gasteiger partial charge < -0.3 is 14.8 Å². The highest BCUT2D eigenvalue weighted by atomic mass is 79.9. The largest absolute Gasteiger partial charge is 0.330 e. The number of piperazine rings is 1. The van der Waals surface area contributed by atoms with Gasteiger partial charge in [0.1, 0.15) is 5.82 Å². The number of fused-ring (bicyclic) bond motifs is 1. The van der Waals surface area contributed by atoms with Crippen LogP contribution in [0.3, 0.4) is 0 Å². The summed E-state index contributed by atoms with van der Waals surface area (Å²) in [5.41, 5.74) is 3.35. The first-order chi connectivity index (χ1) is 14.0. The van der Waals surface area contributed by atoms with E-state index >= 15 is 0 Å². The second-order valence-electron chi connectivity index (χ2n) is 7.47. The van der Waals surface area contributed by atoms with Crippen molar-refractivity contribution in [3.8, 4) is 0 Å². The highest BCUT2D eigenvalue weighted by Gasteiger charge is 2.18. The van der Waals surface area contributed by atoms with Crippen molar-refractivity contribution in [1.29, 1.82) is 0 Å². The Hall–Kier alpha value is -2.22. The molecule has 0 atom stereocenters. The summed E-state index contributed by atoms with van der Waals surface area (Å²) >= 11 is 3.41. The number of hydrogen-bond acceptors (Lipinski definition) is 4. The molecule has 7 heteroatoms. The number of carbonyl (C=O) groups excluding carboxylic acids is 1. The molecule has 1 aromatic heterocycles. The van der Waals surface area contributed by atoms with Crippen molar-refractivity contribution in [2.75, 3.05) is 38.0 Å². The molecule has 0 saturated carbocycles. The quantitative estimate of drug-likeness (QED) is 0.636. The van der Waals surface area contributed by atoms with Crippen LogP contribution in [0.4, 0.5) is 5.69 Å². The number of benzene rings is 2. The summed E-state index contributed by atoms with van der Waals surface area (Å²) in [4.78, 5) is 22.3. The fourth-order valence-corrected chi connectivity index (χ4v) is 4.16. The van der Waals surface area contributed by atoms with E-state index < -0.39 is 0 Å². The highest BCUT2D eigenvalue weighted by Crippen LogP contribution is 2.22. The monoisotopic (exact) mass is 455 g/mol. The molecule has 0 unspecified atom stereocenters. The minimum absolute atomic E-state index is 0.129. The summed E-state index contributed by atoms with van der Waals surface area (Å²) in [6.07, 6.45) is 0. The molecule has 0 aliphatic carbocycles. The number of halogens is 1. The Labute approximate surface area is 179 Å². The van der Waals surface area contributed by atoms with Gasteiger partial charge in [-0.25, -0.2) is 4.98 Å². The first-order valence-electron chi connectivity index (χ1n) is 10.0. The lowest BCUT2D eigenvalue weighted by Gasteiger charge is -2.33. The van der Waals surface area contributed by atoms with Crippen molar-refractivity contribution in [2.24, 2.45) is 7.05 Å². The Morgan fingerprint density at radius 3 is 2.59 bits per heavy atom. The SMILES string of the molecule is CCN1CCN(Cc2nc3cc(NC(=O)c4cccc(Br)c4)ccc3n2C)CC1. The number of anilines is 1. The third-order valence-electron chi connectivity index (χ3n) is 5.60. The van der Waals surface area contributed by atoms with Crippen LogP contribution in [0.15, 0.2) is 46.9 Å². The molecule has 1 saturated heterocycles. The number of aromatic nitrogens is 2. The average Bonchev–Trinajstić information content (AvgIpc) is 3.03. The van der Waals surface area contributed by atoms with Crippen LogP contribution in [0.25, 0.3) is 11.0 Å². The number of likely N-dealkylation sites (N-methyl/N-ethyl adjacent to an activating group) is 1. The number of hydrogen-bond donors (Lipinski definition) is 1. The summed E-state index contributed by atoms with van der Waals surface area (Å²) in [5, 5.41) is 2.97. The maximum atomic E-state index is 12.5. The number of aryl methyl sites for hydroxylation is 1. The molecule has 29 heavy (non-hydrogen) atoms. The fourth-order valence-electron chi connectivity index (χ4n) is 3.77. The van der Waals surface area contributed by atoms with E-state index in [0.29, 0.717) is 5.56 Å². The fraction of sp³-hybridized carbons (Fsp3) is 0.364. The molecule has 6 nitrogen and oxygen atoms in total. The van der Waals surface area contributed by atoms with Crippen LogP contribution in [-0.2, 0) is 13.6 Å². The molecule has 2 heterocycles. The van der Waals surface area contributed by atoms with Gasteiger partial charge in [-0.2, -0.15) is 0 Å². The number of carbonyl (C=O) groups is 1. The molecule has 1 aliphatic heterocycles. The zero-order valence-corrected chi connectivity index (χ0v) is 18.4. The van der Waals surface area contributed by atoms with Crippen LogP contribution in [0.5, 0.6) is 0 Å². The average molecular weight is 456 g/mol. The molecular weight excluding hydrogens is 430 g/mol. The van der Waals surface area contributed by atoms with Gasteiger partial charge in [-0.3, -0.25) is 9.69 Å². The third kappa shape index (κ3) is 4.52. The van der Waals surface area contributed by atoms with Crippen molar-refractivity contribution in [3.05, 3.63) is 58.3 Å². The molecule has 0 bridgehead atoms. The predicted molar refractivity (Wildman–Crippen MR) is 120 cm³/mol. The number of amides is 1. The Kier molecular flexibility index (Phi) is 5.99. The molecule has 1 N–H and O–H groups in total. The molecular formula is C22H26BrN5O. The zero-order valence-electron chi connectivity index (χ0n) is 16.9. The summed E-state index contributed by atoms with van der Waals surface area (Å²) in [6, 6.07) is 13.3. The standard InChI is InChI=1S/C22H26BrN5O/c1-3-27-9-11-28(12-10-27)15-21-25-19-14-18(7-8-20(19)26(21)2)24-22(29)16-5-4-6-17(23)13-16/h4-8,13-14H,3,9-12,15H2,1-2H3,(H,24,29). The van der Waals surface area contributed by atoms with Gasteiger partial charge in [-0.05, 0) is 42.9 Å². The zero-order chi connectivity index (χ0) is 20.4. The maximum absolute atomic E-state index is 12.5. The Morgan fingerprint density at radius 2 is 1.86 bits per heavy atom. The van der Waals surface area contributed by atoms with E-state index in [-0.39, 0.29) is 5.91 Å². The maximum Gasteiger partial charge on any atom is 0.255 e. The van der Waals surface area contributed by atoms with E-state index in [4.69, 9.17) is 4.98 Å². The molecule has 0 radical (unpaired) electrons. The van der Waals surface area contributed by atoms with E-state index in [1.54, 1.807) is 6.07 Å². The van der Waals surface area contributed by atoms with Gasteiger partial charge >= 0.3 is 0 Å². The molecule has 1 amide bonds. The van der Waals surface area contributed by atoms with Crippen LogP contribution < -0.4 is 5.32 Å². The van der Waals surface area contributed by atoms with Gasteiger partial charge in [0.15, 0.2) is 0 Å². The third-order valence-corrected chi connectivity index (χ3v) is 6.09. The lowest BCUT2D eigenvalue weighted by Crippen LogP contribution is -2.45. The first kappa shape index (κ1) is 20.1. The van der Waals surface area contributed by atoms with E-state index in [0.717, 1.165) is 66.3 Å². The summed E-state index contributed by atoms with van der Waals surface area (Å²) in [5.74, 6) is 0.927. The smallest absolute Gasteiger partial charge is 0.255 e. The first-order valence-corrected chi connectivity index (χ1v) is 10.8. The van der Waals surface area contributed by atoms with Crippen molar-refractivity contribution in [1.82, 2.24) is 19.4 Å². The summed E-state index contributed by atoms with van der Waals surface area (Å²) < 4.78 is 3.04. The van der Waals surface area contributed by atoms with Gasteiger partial charge in [-0.1, -0.05) is 28.9 Å². The summed E-state index contributed by atoms with van der Waals surface area (Å²) in [6.45, 7) is 8.57. The van der Waals surface area contributed by atoms with Crippen LogP contribution in [-0.4, -0.2) is 58.0 Å². The second kappa shape index (κ2) is 8.65. The van der Waals surface area contributed by atoms with Crippen LogP contribution in [0.1, 0.15) is 23.1 Å². The topological polar surface area (TPSA) is 53.4 Å². The Bertz CT molecular complexity index is 1020. The van der Waals surface area contributed by atoms with E-state index in [2.05, 4.69) is 49.6 Å².